The Hall–Kier alpha value is -1.32. The lowest BCUT2D eigenvalue weighted by Gasteiger charge is -2.24. The first-order chi connectivity index (χ1) is 9.47. The highest BCUT2D eigenvalue weighted by Gasteiger charge is 2.11. The molecule has 0 bridgehead atoms. The summed E-state index contributed by atoms with van der Waals surface area (Å²) in [4.78, 5) is 2.21. The Morgan fingerprint density at radius 3 is 2.40 bits per heavy atom. The topological polar surface area (TPSA) is 29.3 Å². The quantitative estimate of drug-likeness (QED) is 0.898. The normalized spacial score (nSPS) is 12.2. The number of rotatable bonds is 4. The first-order valence-corrected chi connectivity index (χ1v) is 7.61. The third-order valence-corrected chi connectivity index (χ3v) is 3.86. The number of nitrogens with zero attached hydrogens (tertiary/aromatic N) is 1. The van der Waals surface area contributed by atoms with E-state index < -0.39 is 0 Å². The molecule has 20 heavy (non-hydrogen) atoms. The summed E-state index contributed by atoms with van der Waals surface area (Å²) in [5.41, 5.74) is 10.9. The SMILES string of the molecule is Cc1ccc(N(C)c2ccc(Br)cc2CC(C)N)cc1. The van der Waals surface area contributed by atoms with E-state index in [0.29, 0.717) is 0 Å². The Morgan fingerprint density at radius 1 is 1.15 bits per heavy atom. The van der Waals surface area contributed by atoms with Gasteiger partial charge in [-0.25, -0.2) is 0 Å². The van der Waals surface area contributed by atoms with Crippen LogP contribution >= 0.6 is 15.9 Å². The number of hydrogen-bond donors (Lipinski definition) is 1. The van der Waals surface area contributed by atoms with Gasteiger partial charge < -0.3 is 10.6 Å². The second-order valence-corrected chi connectivity index (χ2v) is 6.26. The molecule has 0 fully saturated rings. The second-order valence-electron chi connectivity index (χ2n) is 5.35. The van der Waals surface area contributed by atoms with E-state index in [0.717, 1.165) is 10.9 Å². The van der Waals surface area contributed by atoms with Crippen LogP contribution in [-0.4, -0.2) is 13.1 Å². The molecule has 2 N–H and O–H groups in total. The summed E-state index contributed by atoms with van der Waals surface area (Å²) in [5, 5.41) is 0. The maximum atomic E-state index is 5.97. The van der Waals surface area contributed by atoms with Crippen molar-refractivity contribution in [1.82, 2.24) is 0 Å². The Labute approximate surface area is 129 Å². The minimum Gasteiger partial charge on any atom is -0.344 e. The number of anilines is 2. The second kappa shape index (κ2) is 6.42. The Morgan fingerprint density at radius 2 is 1.80 bits per heavy atom. The number of halogens is 1. The van der Waals surface area contributed by atoms with Crippen LogP contribution in [0.1, 0.15) is 18.1 Å². The van der Waals surface area contributed by atoms with Gasteiger partial charge in [0.2, 0.25) is 0 Å². The summed E-state index contributed by atoms with van der Waals surface area (Å²) < 4.78 is 1.09. The van der Waals surface area contributed by atoms with E-state index in [1.807, 2.05) is 6.92 Å². The van der Waals surface area contributed by atoms with Crippen molar-refractivity contribution in [1.29, 1.82) is 0 Å². The fourth-order valence-electron chi connectivity index (χ4n) is 2.30. The molecule has 1 atom stereocenters. The van der Waals surface area contributed by atoms with Crippen LogP contribution in [0.2, 0.25) is 0 Å². The van der Waals surface area contributed by atoms with E-state index >= 15 is 0 Å². The molecule has 0 spiro atoms. The maximum absolute atomic E-state index is 5.97. The van der Waals surface area contributed by atoms with Crippen LogP contribution < -0.4 is 10.6 Å². The molecule has 0 aliphatic carbocycles. The molecule has 2 aromatic rings. The zero-order valence-electron chi connectivity index (χ0n) is 12.2. The number of benzene rings is 2. The van der Waals surface area contributed by atoms with E-state index in [-0.39, 0.29) is 6.04 Å². The predicted molar refractivity (Wildman–Crippen MR) is 90.7 cm³/mol. The van der Waals surface area contributed by atoms with E-state index in [1.165, 1.54) is 22.5 Å². The molecule has 0 saturated heterocycles. The van der Waals surface area contributed by atoms with Crippen molar-refractivity contribution in [3.63, 3.8) is 0 Å². The molecule has 106 valence electrons. The van der Waals surface area contributed by atoms with Crippen LogP contribution in [-0.2, 0) is 6.42 Å². The highest BCUT2D eigenvalue weighted by molar-refractivity contribution is 9.10. The summed E-state index contributed by atoms with van der Waals surface area (Å²) in [5.74, 6) is 0. The largest absolute Gasteiger partial charge is 0.344 e. The number of nitrogens with two attached hydrogens (primary N) is 1. The molecular weight excluding hydrogens is 312 g/mol. The van der Waals surface area contributed by atoms with Crippen LogP contribution in [0.5, 0.6) is 0 Å². The lowest BCUT2D eigenvalue weighted by atomic mass is 10.0. The van der Waals surface area contributed by atoms with Crippen molar-refractivity contribution in [2.45, 2.75) is 26.3 Å². The van der Waals surface area contributed by atoms with E-state index in [4.69, 9.17) is 5.73 Å². The molecule has 0 radical (unpaired) electrons. The molecule has 1 unspecified atom stereocenters. The molecule has 0 amide bonds. The van der Waals surface area contributed by atoms with Gasteiger partial charge in [-0.2, -0.15) is 0 Å². The van der Waals surface area contributed by atoms with Crippen molar-refractivity contribution >= 4 is 27.3 Å². The zero-order chi connectivity index (χ0) is 14.7. The van der Waals surface area contributed by atoms with Crippen LogP contribution in [0.15, 0.2) is 46.9 Å². The van der Waals surface area contributed by atoms with Crippen molar-refractivity contribution in [2.24, 2.45) is 5.73 Å². The monoisotopic (exact) mass is 332 g/mol. The minimum atomic E-state index is 0.148. The Kier molecular flexibility index (Phi) is 4.84. The fraction of sp³-hybridized carbons (Fsp3) is 0.294. The van der Waals surface area contributed by atoms with E-state index in [9.17, 15) is 0 Å². The smallest absolute Gasteiger partial charge is 0.0442 e. The van der Waals surface area contributed by atoms with Crippen molar-refractivity contribution < 1.29 is 0 Å². The Balaban J connectivity index is 2.37. The summed E-state index contributed by atoms with van der Waals surface area (Å²) >= 11 is 3.54. The summed E-state index contributed by atoms with van der Waals surface area (Å²) in [7, 11) is 2.10. The number of hydrogen-bond acceptors (Lipinski definition) is 2. The van der Waals surface area contributed by atoms with Gasteiger partial charge in [0.05, 0.1) is 0 Å². The molecule has 3 heteroatoms. The van der Waals surface area contributed by atoms with E-state index in [2.05, 4.69) is 77.3 Å². The van der Waals surface area contributed by atoms with Crippen LogP contribution in [0, 0.1) is 6.92 Å². The third kappa shape index (κ3) is 3.62. The highest BCUT2D eigenvalue weighted by Crippen LogP contribution is 2.30. The molecule has 2 aromatic carbocycles. The molecule has 0 aromatic heterocycles. The summed E-state index contributed by atoms with van der Waals surface area (Å²) in [6, 6.07) is 15.1. The van der Waals surface area contributed by atoms with Crippen LogP contribution in [0.25, 0.3) is 0 Å². The first kappa shape index (κ1) is 15.1. The fourth-order valence-corrected chi connectivity index (χ4v) is 2.71. The van der Waals surface area contributed by atoms with Gasteiger partial charge in [-0.05, 0) is 56.2 Å². The van der Waals surface area contributed by atoms with Crippen molar-refractivity contribution in [3.05, 3.63) is 58.1 Å². The van der Waals surface area contributed by atoms with Gasteiger partial charge in [0.15, 0.2) is 0 Å². The van der Waals surface area contributed by atoms with Crippen LogP contribution in [0.4, 0.5) is 11.4 Å². The zero-order valence-corrected chi connectivity index (χ0v) is 13.8. The summed E-state index contributed by atoms with van der Waals surface area (Å²) in [6.45, 7) is 4.14. The molecular formula is C17H21BrN2. The van der Waals surface area contributed by atoms with Gasteiger partial charge in [-0.15, -0.1) is 0 Å². The predicted octanol–water partition coefficient (Wildman–Crippen LogP) is 4.42. The minimum absolute atomic E-state index is 0.148. The average molecular weight is 333 g/mol. The van der Waals surface area contributed by atoms with Crippen molar-refractivity contribution in [3.8, 4) is 0 Å². The highest BCUT2D eigenvalue weighted by atomic mass is 79.9. The molecule has 2 nitrogen and oxygen atoms in total. The standard InChI is InChI=1S/C17H21BrN2/c1-12-4-7-16(8-5-12)20(3)17-9-6-15(18)11-14(17)10-13(2)19/h4-9,11,13H,10,19H2,1-3H3. The lowest BCUT2D eigenvalue weighted by molar-refractivity contribution is 0.737. The van der Waals surface area contributed by atoms with E-state index in [1.54, 1.807) is 0 Å². The Bertz CT molecular complexity index is 576. The van der Waals surface area contributed by atoms with Gasteiger partial charge >= 0.3 is 0 Å². The molecule has 0 aliphatic rings. The first-order valence-electron chi connectivity index (χ1n) is 6.82. The lowest BCUT2D eigenvalue weighted by Crippen LogP contribution is -2.20. The molecule has 0 heterocycles. The van der Waals surface area contributed by atoms with Gasteiger partial charge in [0.25, 0.3) is 0 Å². The third-order valence-electron chi connectivity index (χ3n) is 3.37. The molecule has 2 rings (SSSR count). The maximum Gasteiger partial charge on any atom is 0.0442 e. The average Bonchev–Trinajstić information content (AvgIpc) is 2.38. The molecule has 0 saturated carbocycles. The van der Waals surface area contributed by atoms with Gasteiger partial charge in [-0.3, -0.25) is 0 Å². The van der Waals surface area contributed by atoms with Gasteiger partial charge in [-0.1, -0.05) is 33.6 Å². The summed E-state index contributed by atoms with van der Waals surface area (Å²) in [6.07, 6.45) is 0.866. The van der Waals surface area contributed by atoms with Crippen LogP contribution in [0.3, 0.4) is 0 Å². The van der Waals surface area contributed by atoms with Gasteiger partial charge in [0.1, 0.15) is 0 Å². The molecule has 0 aliphatic heterocycles. The van der Waals surface area contributed by atoms with Gasteiger partial charge in [0, 0.05) is 28.9 Å². The number of aryl methyl sites for hydroxylation is 1. The van der Waals surface area contributed by atoms with Crippen molar-refractivity contribution in [2.75, 3.05) is 11.9 Å².